The summed E-state index contributed by atoms with van der Waals surface area (Å²) in [6, 6.07) is 6.89. The van der Waals surface area contributed by atoms with Gasteiger partial charge in [0.15, 0.2) is 0 Å². The van der Waals surface area contributed by atoms with E-state index in [0.29, 0.717) is 11.3 Å². The minimum Gasteiger partial charge on any atom is -0.465 e. The number of methoxy groups -OCH3 is 1. The van der Waals surface area contributed by atoms with Gasteiger partial charge in [-0.1, -0.05) is 12.1 Å². The van der Waals surface area contributed by atoms with E-state index in [4.69, 9.17) is 4.74 Å². The standard InChI is InChI=1S/C14H17NO3S/c1-14(8-5-9-19-14)13(17)15-11-7-4-3-6-10(11)12(16)18-2/h3-4,6-7H,5,8-9H2,1-2H3,(H,15,17). The maximum Gasteiger partial charge on any atom is 0.339 e. The average molecular weight is 279 g/mol. The van der Waals surface area contributed by atoms with Gasteiger partial charge in [-0.2, -0.15) is 0 Å². The van der Waals surface area contributed by atoms with Gasteiger partial charge in [0.1, 0.15) is 0 Å². The fraction of sp³-hybridized carbons (Fsp3) is 0.429. The van der Waals surface area contributed by atoms with Crippen LogP contribution in [0.3, 0.4) is 0 Å². The third kappa shape index (κ3) is 2.92. The number of carbonyl (C=O) groups is 2. The molecule has 1 amide bonds. The number of anilines is 1. The number of thioether (sulfide) groups is 1. The van der Waals surface area contributed by atoms with Gasteiger partial charge < -0.3 is 10.1 Å². The first-order chi connectivity index (χ1) is 9.07. The summed E-state index contributed by atoms with van der Waals surface area (Å²) in [7, 11) is 1.33. The molecule has 1 aromatic carbocycles. The summed E-state index contributed by atoms with van der Waals surface area (Å²) in [6.45, 7) is 1.95. The number of hydrogen-bond acceptors (Lipinski definition) is 4. The topological polar surface area (TPSA) is 55.4 Å². The van der Waals surface area contributed by atoms with Crippen LogP contribution in [0.4, 0.5) is 5.69 Å². The molecule has 1 aliphatic rings. The van der Waals surface area contributed by atoms with E-state index >= 15 is 0 Å². The molecule has 0 spiro atoms. The van der Waals surface area contributed by atoms with Gasteiger partial charge >= 0.3 is 5.97 Å². The van der Waals surface area contributed by atoms with Crippen LogP contribution in [0.15, 0.2) is 24.3 Å². The molecule has 19 heavy (non-hydrogen) atoms. The van der Waals surface area contributed by atoms with E-state index in [1.165, 1.54) is 7.11 Å². The average Bonchev–Trinajstić information content (AvgIpc) is 2.87. The van der Waals surface area contributed by atoms with Crippen molar-refractivity contribution in [3.63, 3.8) is 0 Å². The molecule has 1 N–H and O–H groups in total. The Morgan fingerprint density at radius 2 is 2.11 bits per heavy atom. The van der Waals surface area contributed by atoms with Crippen molar-refractivity contribution in [3.8, 4) is 0 Å². The van der Waals surface area contributed by atoms with Gasteiger partial charge in [0.25, 0.3) is 0 Å². The van der Waals surface area contributed by atoms with Gasteiger partial charge in [-0.15, -0.1) is 11.8 Å². The molecule has 4 nitrogen and oxygen atoms in total. The summed E-state index contributed by atoms with van der Waals surface area (Å²) in [5.74, 6) is 0.509. The Labute approximate surface area is 116 Å². The van der Waals surface area contributed by atoms with Gasteiger partial charge in [-0.25, -0.2) is 4.79 Å². The minimum atomic E-state index is -0.444. The number of hydrogen-bond donors (Lipinski definition) is 1. The van der Waals surface area contributed by atoms with Crippen LogP contribution in [0.2, 0.25) is 0 Å². The van der Waals surface area contributed by atoms with Gasteiger partial charge in [0, 0.05) is 0 Å². The van der Waals surface area contributed by atoms with Crippen molar-refractivity contribution < 1.29 is 14.3 Å². The molecule has 0 aliphatic carbocycles. The zero-order valence-corrected chi connectivity index (χ0v) is 11.9. The van der Waals surface area contributed by atoms with Crippen LogP contribution in [0.1, 0.15) is 30.1 Å². The van der Waals surface area contributed by atoms with Crippen molar-refractivity contribution in [2.75, 3.05) is 18.2 Å². The molecule has 1 unspecified atom stereocenters. The van der Waals surface area contributed by atoms with Crippen molar-refractivity contribution in [1.29, 1.82) is 0 Å². The second kappa shape index (κ2) is 5.65. The molecule has 102 valence electrons. The quantitative estimate of drug-likeness (QED) is 0.864. The number of carbonyl (C=O) groups excluding carboxylic acids is 2. The predicted octanol–water partition coefficient (Wildman–Crippen LogP) is 2.70. The van der Waals surface area contributed by atoms with Crippen LogP contribution in [0.25, 0.3) is 0 Å². The number of benzene rings is 1. The fourth-order valence-corrected chi connectivity index (χ4v) is 3.30. The number of para-hydroxylation sites is 1. The SMILES string of the molecule is COC(=O)c1ccccc1NC(=O)C1(C)CCCS1. The summed E-state index contributed by atoms with van der Waals surface area (Å²) in [6.07, 6.45) is 1.91. The molecule has 1 fully saturated rings. The highest BCUT2D eigenvalue weighted by Gasteiger charge is 2.37. The first kappa shape index (κ1) is 13.9. The molecular formula is C14H17NO3S. The smallest absolute Gasteiger partial charge is 0.339 e. The molecule has 0 bridgehead atoms. The molecule has 0 aromatic heterocycles. The van der Waals surface area contributed by atoms with Crippen molar-refractivity contribution in [2.45, 2.75) is 24.5 Å². The van der Waals surface area contributed by atoms with Gasteiger partial charge in [-0.05, 0) is 37.7 Å². The molecule has 1 aliphatic heterocycles. The minimum absolute atomic E-state index is 0.0497. The van der Waals surface area contributed by atoms with Gasteiger partial charge in [0.2, 0.25) is 5.91 Å². The lowest BCUT2D eigenvalue weighted by molar-refractivity contribution is -0.118. The lowest BCUT2D eigenvalue weighted by Crippen LogP contribution is -2.35. The lowest BCUT2D eigenvalue weighted by atomic mass is 10.0. The van der Waals surface area contributed by atoms with E-state index in [2.05, 4.69) is 5.32 Å². The molecule has 1 aromatic rings. The summed E-state index contributed by atoms with van der Waals surface area (Å²) < 4.78 is 4.31. The molecule has 1 heterocycles. The normalized spacial score (nSPS) is 22.0. The largest absolute Gasteiger partial charge is 0.465 e. The van der Waals surface area contributed by atoms with Crippen molar-refractivity contribution >= 4 is 29.3 Å². The molecule has 0 radical (unpaired) electrons. The number of ether oxygens (including phenoxy) is 1. The van der Waals surface area contributed by atoms with E-state index in [1.807, 2.05) is 6.92 Å². The summed E-state index contributed by atoms with van der Waals surface area (Å²) >= 11 is 1.66. The van der Waals surface area contributed by atoms with E-state index in [-0.39, 0.29) is 5.91 Å². The summed E-state index contributed by atoms with van der Waals surface area (Å²) in [5, 5.41) is 2.85. The van der Waals surface area contributed by atoms with Crippen LogP contribution < -0.4 is 5.32 Å². The molecule has 5 heteroatoms. The van der Waals surface area contributed by atoms with Crippen molar-refractivity contribution in [2.24, 2.45) is 0 Å². The molecule has 2 rings (SSSR count). The Hall–Kier alpha value is -1.49. The molecular weight excluding hydrogens is 262 g/mol. The molecule has 1 atom stereocenters. The second-order valence-corrected chi connectivity index (χ2v) is 6.27. The van der Waals surface area contributed by atoms with Crippen LogP contribution in [-0.2, 0) is 9.53 Å². The first-order valence-corrected chi connectivity index (χ1v) is 7.18. The second-order valence-electron chi connectivity index (χ2n) is 4.67. The van der Waals surface area contributed by atoms with E-state index < -0.39 is 10.7 Å². The number of amides is 1. The third-order valence-electron chi connectivity index (χ3n) is 3.28. The van der Waals surface area contributed by atoms with E-state index in [0.717, 1.165) is 18.6 Å². The zero-order valence-electron chi connectivity index (χ0n) is 11.1. The predicted molar refractivity (Wildman–Crippen MR) is 76.5 cm³/mol. The van der Waals surface area contributed by atoms with Crippen LogP contribution >= 0.6 is 11.8 Å². The van der Waals surface area contributed by atoms with Crippen molar-refractivity contribution in [1.82, 2.24) is 0 Å². The highest BCUT2D eigenvalue weighted by atomic mass is 32.2. The van der Waals surface area contributed by atoms with Gasteiger partial charge in [-0.3, -0.25) is 4.79 Å². The van der Waals surface area contributed by atoms with E-state index in [9.17, 15) is 9.59 Å². The van der Waals surface area contributed by atoms with Crippen LogP contribution in [0, 0.1) is 0 Å². The highest BCUT2D eigenvalue weighted by molar-refractivity contribution is 8.01. The van der Waals surface area contributed by atoms with Crippen LogP contribution in [0.5, 0.6) is 0 Å². The zero-order chi connectivity index (χ0) is 13.9. The Morgan fingerprint density at radius 3 is 2.74 bits per heavy atom. The fourth-order valence-electron chi connectivity index (χ4n) is 2.09. The number of esters is 1. The number of nitrogens with one attached hydrogen (secondary N) is 1. The molecule has 0 saturated carbocycles. The van der Waals surface area contributed by atoms with Crippen molar-refractivity contribution in [3.05, 3.63) is 29.8 Å². The Bertz CT molecular complexity index is 495. The lowest BCUT2D eigenvalue weighted by Gasteiger charge is -2.22. The first-order valence-electron chi connectivity index (χ1n) is 6.19. The van der Waals surface area contributed by atoms with Gasteiger partial charge in [0.05, 0.1) is 23.1 Å². The van der Waals surface area contributed by atoms with Crippen LogP contribution in [-0.4, -0.2) is 29.5 Å². The van der Waals surface area contributed by atoms with E-state index in [1.54, 1.807) is 36.0 Å². The summed E-state index contributed by atoms with van der Waals surface area (Å²) in [4.78, 5) is 24.0. The maximum atomic E-state index is 12.3. The Morgan fingerprint density at radius 1 is 1.37 bits per heavy atom. The third-order valence-corrected chi connectivity index (χ3v) is 4.80. The monoisotopic (exact) mass is 279 g/mol. The number of rotatable bonds is 3. The Balaban J connectivity index is 2.19. The molecule has 1 saturated heterocycles. The Kier molecular flexibility index (Phi) is 4.14. The highest BCUT2D eigenvalue weighted by Crippen LogP contribution is 2.38. The maximum absolute atomic E-state index is 12.3. The summed E-state index contributed by atoms with van der Waals surface area (Å²) in [5.41, 5.74) is 0.887.